The van der Waals surface area contributed by atoms with Crippen molar-refractivity contribution < 1.29 is 14.3 Å². The van der Waals surface area contributed by atoms with E-state index in [1.54, 1.807) is 26.3 Å². The fraction of sp³-hybridized carbons (Fsp3) is 0.211. The maximum Gasteiger partial charge on any atom is 0.238 e. The zero-order valence-electron chi connectivity index (χ0n) is 14.5. The number of thioether (sulfide) groups is 1. The van der Waals surface area contributed by atoms with Crippen molar-refractivity contribution in [1.29, 1.82) is 0 Å². The van der Waals surface area contributed by atoms with Crippen molar-refractivity contribution in [1.82, 2.24) is 4.90 Å². The highest BCUT2D eigenvalue weighted by atomic mass is 32.2. The van der Waals surface area contributed by atoms with E-state index in [1.807, 2.05) is 42.5 Å². The van der Waals surface area contributed by atoms with Gasteiger partial charge in [0, 0.05) is 19.2 Å². The van der Waals surface area contributed by atoms with E-state index in [2.05, 4.69) is 10.3 Å². The number of nitrogens with one attached hydrogen (secondary N) is 1. The third-order valence-electron chi connectivity index (χ3n) is 3.90. The Labute approximate surface area is 156 Å². The summed E-state index contributed by atoms with van der Waals surface area (Å²) in [6.07, 6.45) is 0.130. The maximum atomic E-state index is 12.6. The molecule has 0 unspecified atom stereocenters. The van der Waals surface area contributed by atoms with Gasteiger partial charge in [0.05, 0.1) is 7.11 Å². The van der Waals surface area contributed by atoms with Crippen LogP contribution in [0.3, 0.4) is 0 Å². The lowest BCUT2D eigenvalue weighted by Crippen LogP contribution is -2.43. The molecule has 0 spiro atoms. The molecule has 3 rings (SSSR count). The molecular weight excluding hydrogens is 350 g/mol. The van der Waals surface area contributed by atoms with E-state index < -0.39 is 5.25 Å². The number of rotatable bonds is 4. The minimum Gasteiger partial charge on any atom is -0.494 e. The molecule has 2 aromatic rings. The van der Waals surface area contributed by atoms with Gasteiger partial charge < -0.3 is 10.1 Å². The van der Waals surface area contributed by atoms with Crippen molar-refractivity contribution >= 4 is 40.1 Å². The van der Waals surface area contributed by atoms with E-state index in [0.29, 0.717) is 22.3 Å². The van der Waals surface area contributed by atoms with Crippen LogP contribution in [-0.4, -0.2) is 41.3 Å². The number of amidine groups is 1. The smallest absolute Gasteiger partial charge is 0.238 e. The van der Waals surface area contributed by atoms with Crippen LogP contribution < -0.4 is 10.1 Å². The maximum absolute atomic E-state index is 12.6. The Bertz CT molecular complexity index is 839. The first kappa shape index (κ1) is 18.0. The van der Waals surface area contributed by atoms with Crippen LogP contribution in [0.5, 0.6) is 5.75 Å². The number of nitrogens with zero attached hydrogens (tertiary/aromatic N) is 2. The highest BCUT2D eigenvalue weighted by Gasteiger charge is 2.34. The van der Waals surface area contributed by atoms with Crippen LogP contribution >= 0.6 is 11.8 Å². The Hall–Kier alpha value is -2.80. The normalized spacial score (nSPS) is 18.7. The van der Waals surface area contributed by atoms with Crippen molar-refractivity contribution in [2.24, 2.45) is 4.99 Å². The first-order valence-electron chi connectivity index (χ1n) is 8.09. The molecular formula is C19H19N3O3S. The molecule has 0 aliphatic carbocycles. The summed E-state index contributed by atoms with van der Waals surface area (Å²) in [5, 5.41) is 2.78. The topological polar surface area (TPSA) is 71.0 Å². The highest BCUT2D eigenvalue weighted by Crippen LogP contribution is 2.32. The molecule has 26 heavy (non-hydrogen) atoms. The van der Waals surface area contributed by atoms with Crippen molar-refractivity contribution in [3.8, 4) is 5.75 Å². The molecule has 0 saturated carbocycles. The molecule has 2 aromatic carbocycles. The molecule has 0 bridgehead atoms. The highest BCUT2D eigenvalue weighted by molar-refractivity contribution is 8.15. The molecule has 2 amide bonds. The first-order valence-corrected chi connectivity index (χ1v) is 8.97. The number of benzene rings is 2. The van der Waals surface area contributed by atoms with Crippen LogP contribution in [0.4, 0.5) is 11.4 Å². The summed E-state index contributed by atoms with van der Waals surface area (Å²) < 4.78 is 5.30. The number of hydrogen-bond donors (Lipinski definition) is 1. The molecule has 1 heterocycles. The van der Waals surface area contributed by atoms with E-state index >= 15 is 0 Å². The third kappa shape index (κ3) is 4.05. The van der Waals surface area contributed by atoms with Crippen molar-refractivity contribution in [2.75, 3.05) is 19.5 Å². The second kappa shape index (κ2) is 8.05. The standard InChI is InChI=1S/C19H19N3O3S/c1-22-17(23)12-16(18(24)20-13-8-4-3-5-9-13)26-19(22)21-14-10-6-7-11-15(14)25-2/h3-11,16H,12H2,1-2H3,(H,20,24)/t16-/m0/s1. The molecule has 1 fully saturated rings. The Balaban J connectivity index is 1.81. The number of anilines is 1. The molecule has 1 aliphatic rings. The van der Waals surface area contributed by atoms with Crippen molar-refractivity contribution in [3.05, 3.63) is 54.6 Å². The van der Waals surface area contributed by atoms with Crippen molar-refractivity contribution in [2.45, 2.75) is 11.7 Å². The van der Waals surface area contributed by atoms with E-state index in [1.165, 1.54) is 16.7 Å². The van der Waals surface area contributed by atoms with Crippen LogP contribution in [0.25, 0.3) is 0 Å². The summed E-state index contributed by atoms with van der Waals surface area (Å²) in [5.41, 5.74) is 1.31. The number of carbonyl (C=O) groups is 2. The van der Waals surface area contributed by atoms with Gasteiger partial charge in [-0.25, -0.2) is 4.99 Å². The number of amides is 2. The lowest BCUT2D eigenvalue weighted by molar-refractivity contribution is -0.128. The van der Waals surface area contributed by atoms with Gasteiger partial charge in [0.25, 0.3) is 0 Å². The van der Waals surface area contributed by atoms with Crippen molar-refractivity contribution in [3.63, 3.8) is 0 Å². The number of methoxy groups -OCH3 is 1. The quantitative estimate of drug-likeness (QED) is 0.898. The van der Waals surface area contributed by atoms with Gasteiger partial charge in [-0.15, -0.1) is 0 Å². The fourth-order valence-corrected chi connectivity index (χ4v) is 3.52. The second-order valence-corrected chi connectivity index (χ2v) is 6.85. The molecule has 0 radical (unpaired) electrons. The van der Waals surface area contributed by atoms with Gasteiger partial charge >= 0.3 is 0 Å². The lowest BCUT2D eigenvalue weighted by atomic mass is 10.2. The lowest BCUT2D eigenvalue weighted by Gasteiger charge is -2.29. The van der Waals surface area contributed by atoms with E-state index in [4.69, 9.17) is 4.74 Å². The molecule has 7 heteroatoms. The van der Waals surface area contributed by atoms with E-state index in [-0.39, 0.29) is 18.2 Å². The van der Waals surface area contributed by atoms with Gasteiger partial charge in [0.1, 0.15) is 16.7 Å². The van der Waals surface area contributed by atoms with Gasteiger partial charge in [-0.2, -0.15) is 0 Å². The monoisotopic (exact) mass is 369 g/mol. The minimum atomic E-state index is -0.535. The zero-order valence-corrected chi connectivity index (χ0v) is 15.3. The average molecular weight is 369 g/mol. The minimum absolute atomic E-state index is 0.130. The summed E-state index contributed by atoms with van der Waals surface area (Å²) >= 11 is 1.27. The van der Waals surface area contributed by atoms with Gasteiger partial charge in [-0.3, -0.25) is 14.5 Å². The summed E-state index contributed by atoms with van der Waals surface area (Å²) in [6, 6.07) is 16.5. The largest absolute Gasteiger partial charge is 0.494 e. The number of para-hydroxylation sites is 3. The van der Waals surface area contributed by atoms with Crippen LogP contribution in [0.2, 0.25) is 0 Å². The van der Waals surface area contributed by atoms with Gasteiger partial charge in [0.2, 0.25) is 11.8 Å². The first-order chi connectivity index (χ1) is 12.6. The van der Waals surface area contributed by atoms with Crippen LogP contribution in [0.15, 0.2) is 59.6 Å². The molecule has 1 aliphatic heterocycles. The average Bonchev–Trinajstić information content (AvgIpc) is 2.66. The number of ether oxygens (including phenoxy) is 1. The fourth-order valence-electron chi connectivity index (χ4n) is 2.47. The Morgan fingerprint density at radius 3 is 2.62 bits per heavy atom. The predicted octanol–water partition coefficient (Wildman–Crippen LogP) is 3.29. The van der Waals surface area contributed by atoms with Gasteiger partial charge in [-0.1, -0.05) is 42.1 Å². The zero-order chi connectivity index (χ0) is 18.5. The summed E-state index contributed by atoms with van der Waals surface area (Å²) in [5.74, 6) is 0.248. The van der Waals surface area contributed by atoms with Crippen LogP contribution in [0, 0.1) is 0 Å². The number of carbonyl (C=O) groups excluding carboxylic acids is 2. The third-order valence-corrected chi connectivity index (χ3v) is 5.14. The summed E-state index contributed by atoms with van der Waals surface area (Å²) in [4.78, 5) is 30.9. The molecule has 6 nitrogen and oxygen atoms in total. The van der Waals surface area contributed by atoms with Crippen LogP contribution in [-0.2, 0) is 9.59 Å². The summed E-state index contributed by atoms with van der Waals surface area (Å²) in [6.45, 7) is 0. The van der Waals surface area contributed by atoms with E-state index in [0.717, 1.165) is 0 Å². The molecule has 1 atom stereocenters. The number of aliphatic imine (C=N–C) groups is 1. The second-order valence-electron chi connectivity index (χ2n) is 5.68. The SMILES string of the molecule is COc1ccccc1N=C1S[C@H](C(=O)Nc2ccccc2)CC(=O)N1C. The van der Waals surface area contributed by atoms with Crippen LogP contribution in [0.1, 0.15) is 6.42 Å². The number of hydrogen-bond acceptors (Lipinski definition) is 5. The molecule has 1 N–H and O–H groups in total. The summed E-state index contributed by atoms with van der Waals surface area (Å²) in [7, 11) is 3.23. The molecule has 0 aromatic heterocycles. The van der Waals surface area contributed by atoms with E-state index in [9.17, 15) is 9.59 Å². The molecule has 1 saturated heterocycles. The van der Waals surface area contributed by atoms with Gasteiger partial charge in [-0.05, 0) is 24.3 Å². The Morgan fingerprint density at radius 1 is 1.19 bits per heavy atom. The Morgan fingerprint density at radius 2 is 1.88 bits per heavy atom. The van der Waals surface area contributed by atoms with Gasteiger partial charge in [0.15, 0.2) is 5.17 Å². The predicted molar refractivity (Wildman–Crippen MR) is 104 cm³/mol. The molecule has 134 valence electrons. The Kier molecular flexibility index (Phi) is 5.58.